The van der Waals surface area contributed by atoms with Crippen LogP contribution < -0.4 is 5.32 Å². The molecule has 31 heavy (non-hydrogen) atoms. The van der Waals surface area contributed by atoms with Gasteiger partial charge in [-0.15, -0.1) is 11.3 Å². The first-order valence-corrected chi connectivity index (χ1v) is 10.7. The Morgan fingerprint density at radius 1 is 1.23 bits per heavy atom. The minimum atomic E-state index is -0.234. The van der Waals surface area contributed by atoms with Gasteiger partial charge in [-0.25, -0.2) is 4.63 Å². The molecule has 0 unspecified atom stereocenters. The Morgan fingerprint density at radius 3 is 2.71 bits per heavy atom. The van der Waals surface area contributed by atoms with Crippen molar-refractivity contribution in [1.82, 2.24) is 25.5 Å². The number of carbonyl (C=O) groups excluding carboxylic acids is 3. The van der Waals surface area contributed by atoms with Gasteiger partial charge in [-0.1, -0.05) is 5.16 Å². The molecule has 0 spiro atoms. The zero-order valence-electron chi connectivity index (χ0n) is 17.4. The second kappa shape index (κ2) is 8.38. The first kappa shape index (κ1) is 20.9. The number of hydrogen-bond donors (Lipinski definition) is 1. The molecule has 0 aromatic carbocycles. The van der Waals surface area contributed by atoms with Crippen LogP contribution in [0.15, 0.2) is 22.3 Å². The van der Waals surface area contributed by atoms with Crippen molar-refractivity contribution in [2.75, 3.05) is 6.54 Å². The van der Waals surface area contributed by atoms with Crippen LogP contribution in [0.1, 0.15) is 65.5 Å². The molecule has 2 amide bonds. The Labute approximate surface area is 182 Å². The lowest BCUT2D eigenvalue weighted by atomic mass is 9.94. The zero-order valence-corrected chi connectivity index (χ0v) is 18.2. The molecule has 0 aliphatic carbocycles. The van der Waals surface area contributed by atoms with Crippen molar-refractivity contribution in [2.24, 2.45) is 0 Å². The van der Waals surface area contributed by atoms with Gasteiger partial charge in [0.05, 0.1) is 10.4 Å². The summed E-state index contributed by atoms with van der Waals surface area (Å²) in [6, 6.07) is 1.61. The fourth-order valence-electron chi connectivity index (χ4n) is 3.62. The molecular weight excluding hydrogens is 418 g/mol. The summed E-state index contributed by atoms with van der Waals surface area (Å²) in [6.45, 7) is 6.32. The lowest BCUT2D eigenvalue weighted by molar-refractivity contribution is 0.0722. The Hall–Kier alpha value is -3.40. The molecule has 0 radical (unpaired) electrons. The van der Waals surface area contributed by atoms with Crippen LogP contribution in [0.5, 0.6) is 0 Å². The minimum Gasteiger partial charge on any atom is -0.348 e. The van der Waals surface area contributed by atoms with Crippen molar-refractivity contribution in [3.63, 3.8) is 0 Å². The lowest BCUT2D eigenvalue weighted by Crippen LogP contribution is -2.37. The topological polar surface area (TPSA) is 118 Å². The summed E-state index contributed by atoms with van der Waals surface area (Å²) in [4.78, 5) is 43.4. The number of fused-ring (bicyclic) bond motifs is 1. The van der Waals surface area contributed by atoms with E-state index < -0.39 is 0 Å². The van der Waals surface area contributed by atoms with Gasteiger partial charge in [-0.05, 0) is 55.1 Å². The van der Waals surface area contributed by atoms with E-state index in [4.69, 9.17) is 0 Å². The Balaban J connectivity index is 1.49. The maximum absolute atomic E-state index is 12.7. The first-order valence-electron chi connectivity index (χ1n) is 9.77. The molecule has 9 nitrogen and oxygen atoms in total. The molecule has 160 valence electrons. The quantitative estimate of drug-likeness (QED) is 0.607. The van der Waals surface area contributed by atoms with Crippen molar-refractivity contribution in [1.29, 1.82) is 0 Å². The van der Waals surface area contributed by atoms with Gasteiger partial charge in [-0.2, -0.15) is 0 Å². The number of ketones is 1. The van der Waals surface area contributed by atoms with Crippen molar-refractivity contribution >= 4 is 28.9 Å². The third-order valence-electron chi connectivity index (χ3n) is 5.37. The number of carbonyl (C=O) groups is 3. The monoisotopic (exact) mass is 439 g/mol. The van der Waals surface area contributed by atoms with Crippen molar-refractivity contribution < 1.29 is 19.0 Å². The van der Waals surface area contributed by atoms with Gasteiger partial charge in [0.2, 0.25) is 0 Å². The van der Waals surface area contributed by atoms with Gasteiger partial charge >= 0.3 is 0 Å². The van der Waals surface area contributed by atoms with Crippen LogP contribution in [-0.2, 0) is 19.5 Å². The summed E-state index contributed by atoms with van der Waals surface area (Å²) in [6.07, 6.45) is 2.42. The fraction of sp³-hybridized carbons (Fsp3) is 0.333. The van der Waals surface area contributed by atoms with Crippen LogP contribution in [-0.4, -0.2) is 44.3 Å². The highest BCUT2D eigenvalue weighted by Crippen LogP contribution is 2.25. The van der Waals surface area contributed by atoms with Crippen molar-refractivity contribution in [3.8, 4) is 0 Å². The zero-order chi connectivity index (χ0) is 22.1. The highest BCUT2D eigenvalue weighted by molar-refractivity contribution is 7.12. The molecule has 0 atom stereocenters. The van der Waals surface area contributed by atoms with Gasteiger partial charge in [0, 0.05) is 36.9 Å². The second-order valence-corrected chi connectivity index (χ2v) is 8.35. The average Bonchev–Trinajstić information content (AvgIpc) is 3.41. The van der Waals surface area contributed by atoms with E-state index in [0.717, 1.165) is 22.4 Å². The maximum Gasteiger partial charge on any atom is 0.278 e. The number of pyridine rings is 1. The van der Waals surface area contributed by atoms with Crippen molar-refractivity contribution in [2.45, 2.75) is 40.3 Å². The molecule has 0 saturated carbocycles. The van der Waals surface area contributed by atoms with E-state index >= 15 is 0 Å². The third kappa shape index (κ3) is 4.11. The van der Waals surface area contributed by atoms with Crippen molar-refractivity contribution in [3.05, 3.63) is 61.9 Å². The smallest absolute Gasteiger partial charge is 0.278 e. The van der Waals surface area contributed by atoms with E-state index in [1.54, 1.807) is 29.5 Å². The van der Waals surface area contributed by atoms with Crippen LogP contribution in [0.4, 0.5) is 0 Å². The van der Waals surface area contributed by atoms with Crippen LogP contribution in [0, 0.1) is 13.8 Å². The van der Waals surface area contributed by atoms with Crippen LogP contribution in [0.25, 0.3) is 0 Å². The number of aryl methyl sites for hydroxylation is 2. The minimum absolute atomic E-state index is 0.0584. The number of Topliss-reactive ketones (excluding diaryl/α,β-unsaturated/α-hetero) is 1. The van der Waals surface area contributed by atoms with Gasteiger partial charge in [0.1, 0.15) is 5.69 Å². The third-order valence-corrected chi connectivity index (χ3v) is 6.40. The summed E-state index contributed by atoms with van der Waals surface area (Å²) < 4.78 is 4.65. The number of amides is 2. The second-order valence-electron chi connectivity index (χ2n) is 7.44. The molecule has 4 rings (SSSR count). The predicted molar refractivity (Wildman–Crippen MR) is 112 cm³/mol. The molecule has 1 aliphatic rings. The molecule has 0 saturated heterocycles. The summed E-state index contributed by atoms with van der Waals surface area (Å²) in [5.74, 6) is -0.516. The van der Waals surface area contributed by atoms with Crippen LogP contribution in [0.3, 0.4) is 0 Å². The molecule has 3 aromatic heterocycles. The van der Waals surface area contributed by atoms with Crippen LogP contribution >= 0.6 is 11.3 Å². The number of nitrogens with one attached hydrogen (secondary N) is 1. The van der Waals surface area contributed by atoms with E-state index in [1.165, 1.54) is 18.3 Å². The van der Waals surface area contributed by atoms with Gasteiger partial charge in [0.15, 0.2) is 11.5 Å². The Morgan fingerprint density at radius 2 is 2.03 bits per heavy atom. The van der Waals surface area contributed by atoms with Gasteiger partial charge in [0.25, 0.3) is 11.8 Å². The first-order chi connectivity index (χ1) is 14.8. The fourth-order valence-corrected chi connectivity index (χ4v) is 4.41. The lowest BCUT2D eigenvalue weighted by Gasteiger charge is -2.30. The number of thiophene rings is 1. The Kier molecular flexibility index (Phi) is 5.64. The standard InChI is InChI=1S/C21H21N5O4S/c1-11-17(8-23-20(28)14-6-18(13(3)27)31-10-14)16-4-5-26(9-15(16)7-22-11)21(29)19-12(2)24-30-25-19/h6-7,10H,4-5,8-9H2,1-3H3,(H,23,28). The molecule has 1 N–H and O–H groups in total. The SMILES string of the molecule is CC(=O)c1cc(C(=O)NCc2c(C)ncc3c2CCN(C(=O)c2nonc2C)C3)cs1. The largest absolute Gasteiger partial charge is 0.348 e. The number of aromatic nitrogens is 3. The molecule has 4 heterocycles. The molecule has 3 aromatic rings. The normalized spacial score (nSPS) is 13.1. The van der Waals surface area contributed by atoms with Crippen LogP contribution in [0.2, 0.25) is 0 Å². The molecule has 10 heteroatoms. The van der Waals surface area contributed by atoms with E-state index in [0.29, 0.717) is 42.2 Å². The molecule has 0 fully saturated rings. The number of hydrogen-bond acceptors (Lipinski definition) is 8. The molecule has 0 bridgehead atoms. The van der Waals surface area contributed by atoms with Gasteiger partial charge < -0.3 is 10.2 Å². The summed E-state index contributed by atoms with van der Waals surface area (Å²) >= 11 is 1.26. The maximum atomic E-state index is 12.7. The van der Waals surface area contributed by atoms with E-state index in [1.807, 2.05) is 6.92 Å². The highest BCUT2D eigenvalue weighted by Gasteiger charge is 2.27. The van der Waals surface area contributed by atoms with E-state index in [9.17, 15) is 14.4 Å². The van der Waals surface area contributed by atoms with Gasteiger partial charge in [-0.3, -0.25) is 19.4 Å². The average molecular weight is 439 g/mol. The predicted octanol–water partition coefficient (Wildman–Crippen LogP) is 2.47. The molecular formula is C21H21N5O4S. The summed E-state index contributed by atoms with van der Waals surface area (Å²) in [7, 11) is 0. The Bertz CT molecular complexity index is 1180. The van der Waals surface area contributed by atoms with E-state index in [2.05, 4.69) is 25.2 Å². The summed E-state index contributed by atoms with van der Waals surface area (Å²) in [5.41, 5.74) is 4.99. The van der Waals surface area contributed by atoms with E-state index in [-0.39, 0.29) is 23.3 Å². The number of nitrogens with zero attached hydrogens (tertiary/aromatic N) is 4. The number of rotatable bonds is 5. The molecule has 1 aliphatic heterocycles. The summed E-state index contributed by atoms with van der Waals surface area (Å²) in [5, 5.41) is 12.0. The highest BCUT2D eigenvalue weighted by atomic mass is 32.1.